The van der Waals surface area contributed by atoms with E-state index in [4.69, 9.17) is 9.47 Å². The average Bonchev–Trinajstić information content (AvgIpc) is 2.86. The van der Waals surface area contributed by atoms with Gasteiger partial charge in [-0.2, -0.15) is 13.2 Å². The molecule has 1 aliphatic rings. The van der Waals surface area contributed by atoms with Crippen LogP contribution in [0.1, 0.15) is 11.1 Å². The van der Waals surface area contributed by atoms with Crippen LogP contribution < -0.4 is 19.1 Å². The number of amides is 1. The van der Waals surface area contributed by atoms with Gasteiger partial charge in [0, 0.05) is 6.54 Å². The number of hydrogen-bond acceptors (Lipinski definition) is 5. The summed E-state index contributed by atoms with van der Waals surface area (Å²) in [5, 5.41) is 2.54. The van der Waals surface area contributed by atoms with Crippen LogP contribution in [0.25, 0.3) is 0 Å². The van der Waals surface area contributed by atoms with Crippen molar-refractivity contribution in [1.29, 1.82) is 0 Å². The topological polar surface area (TPSA) is 84.9 Å². The van der Waals surface area contributed by atoms with E-state index in [0.717, 1.165) is 16.4 Å². The maximum atomic E-state index is 13.4. The lowest BCUT2D eigenvalue weighted by Gasteiger charge is -2.34. The summed E-state index contributed by atoms with van der Waals surface area (Å²) in [5.74, 6) is 0.0140. The molecule has 0 saturated carbocycles. The molecule has 0 aromatic heterocycles. The van der Waals surface area contributed by atoms with Crippen molar-refractivity contribution in [2.24, 2.45) is 0 Å². The number of sulfonamides is 1. The molecule has 0 unspecified atom stereocenters. The zero-order valence-electron chi connectivity index (χ0n) is 18.5. The molecule has 1 atom stereocenters. The molecule has 11 heteroatoms. The van der Waals surface area contributed by atoms with E-state index in [2.05, 4.69) is 5.32 Å². The van der Waals surface area contributed by atoms with Gasteiger partial charge in [0.15, 0.2) is 6.10 Å². The van der Waals surface area contributed by atoms with Crippen LogP contribution in [0, 0.1) is 0 Å². The lowest BCUT2D eigenvalue weighted by atomic mass is 10.1. The molecule has 35 heavy (non-hydrogen) atoms. The van der Waals surface area contributed by atoms with Gasteiger partial charge in [0.1, 0.15) is 11.5 Å². The molecule has 1 amide bonds. The summed E-state index contributed by atoms with van der Waals surface area (Å²) in [4.78, 5) is 12.9. The standard InChI is InChI=1S/C24H21F3N2O5S/c1-33-18-9-11-19(12-10-18)35(31,32)29-15-22(34-21-8-3-2-7-20(21)29)23(30)28-14-16-5-4-6-17(13-16)24(25,26)27/h2-13,22H,14-15H2,1H3,(H,28,30)/t22-/m0/s1. The zero-order valence-corrected chi connectivity index (χ0v) is 19.3. The van der Waals surface area contributed by atoms with E-state index in [1.807, 2.05) is 0 Å². The first-order valence-electron chi connectivity index (χ1n) is 10.5. The molecule has 3 aromatic rings. The fourth-order valence-electron chi connectivity index (χ4n) is 3.60. The number of carbonyl (C=O) groups is 1. The molecule has 184 valence electrons. The van der Waals surface area contributed by atoms with E-state index in [0.29, 0.717) is 5.75 Å². The largest absolute Gasteiger partial charge is 0.497 e. The van der Waals surface area contributed by atoms with E-state index in [9.17, 15) is 26.4 Å². The van der Waals surface area contributed by atoms with Crippen LogP contribution in [0.5, 0.6) is 11.5 Å². The molecule has 1 aliphatic heterocycles. The Kier molecular flexibility index (Phi) is 6.62. The summed E-state index contributed by atoms with van der Waals surface area (Å²) in [6, 6.07) is 16.8. The Bertz CT molecular complexity index is 1330. The molecule has 0 fully saturated rings. The van der Waals surface area contributed by atoms with Crippen molar-refractivity contribution in [3.05, 3.63) is 83.9 Å². The van der Waals surface area contributed by atoms with Crippen LogP contribution in [0.2, 0.25) is 0 Å². The number of nitrogens with zero attached hydrogens (tertiary/aromatic N) is 1. The molecular formula is C24H21F3N2O5S. The van der Waals surface area contributed by atoms with Crippen LogP contribution >= 0.6 is 0 Å². The van der Waals surface area contributed by atoms with Gasteiger partial charge in [-0.1, -0.05) is 24.3 Å². The third-order valence-corrected chi connectivity index (χ3v) is 7.19. The highest BCUT2D eigenvalue weighted by atomic mass is 32.2. The van der Waals surface area contributed by atoms with Gasteiger partial charge in [-0.15, -0.1) is 0 Å². The number of para-hydroxylation sites is 2. The van der Waals surface area contributed by atoms with Gasteiger partial charge in [-0.05, 0) is 54.1 Å². The molecule has 1 heterocycles. The number of rotatable bonds is 6. The number of fused-ring (bicyclic) bond motifs is 1. The first kappa shape index (κ1) is 24.4. The predicted octanol–water partition coefficient (Wildman–Crippen LogP) is 3.99. The fraction of sp³-hybridized carbons (Fsp3) is 0.208. The molecule has 0 aliphatic carbocycles. The summed E-state index contributed by atoms with van der Waals surface area (Å²) < 4.78 is 77.6. The van der Waals surface area contributed by atoms with E-state index < -0.39 is 33.8 Å². The fourth-order valence-corrected chi connectivity index (χ4v) is 5.08. The molecule has 0 radical (unpaired) electrons. The number of anilines is 1. The minimum absolute atomic E-state index is 0.00173. The number of carbonyl (C=O) groups excluding carboxylic acids is 1. The van der Waals surface area contributed by atoms with Crippen molar-refractivity contribution < 1.29 is 35.9 Å². The zero-order chi connectivity index (χ0) is 25.2. The molecular weight excluding hydrogens is 485 g/mol. The first-order valence-corrected chi connectivity index (χ1v) is 11.9. The lowest BCUT2D eigenvalue weighted by molar-refractivity contribution is -0.137. The van der Waals surface area contributed by atoms with E-state index in [-0.39, 0.29) is 35.0 Å². The van der Waals surface area contributed by atoms with E-state index in [1.54, 1.807) is 18.2 Å². The normalized spacial score (nSPS) is 15.7. The number of ether oxygens (including phenoxy) is 2. The molecule has 1 N–H and O–H groups in total. The first-order chi connectivity index (χ1) is 16.6. The Hall–Kier alpha value is -3.73. The monoisotopic (exact) mass is 506 g/mol. The Morgan fingerprint density at radius 1 is 1.09 bits per heavy atom. The highest BCUT2D eigenvalue weighted by Gasteiger charge is 2.37. The second-order valence-electron chi connectivity index (χ2n) is 7.70. The molecule has 0 spiro atoms. The number of nitrogens with one attached hydrogen (secondary N) is 1. The number of alkyl halides is 3. The Morgan fingerprint density at radius 2 is 1.80 bits per heavy atom. The van der Waals surface area contributed by atoms with Crippen LogP contribution in [0.4, 0.5) is 18.9 Å². The second kappa shape index (κ2) is 9.49. The van der Waals surface area contributed by atoms with Crippen molar-refractivity contribution >= 4 is 21.6 Å². The Balaban J connectivity index is 1.56. The van der Waals surface area contributed by atoms with Gasteiger partial charge < -0.3 is 14.8 Å². The Labute approximate surface area is 200 Å². The van der Waals surface area contributed by atoms with Crippen LogP contribution in [-0.4, -0.2) is 34.1 Å². The highest BCUT2D eigenvalue weighted by molar-refractivity contribution is 7.92. The van der Waals surface area contributed by atoms with Gasteiger partial charge in [0.05, 0.1) is 29.8 Å². The van der Waals surface area contributed by atoms with Crippen LogP contribution in [0.15, 0.2) is 77.7 Å². The van der Waals surface area contributed by atoms with Crippen LogP contribution in [-0.2, 0) is 27.5 Å². The maximum absolute atomic E-state index is 13.4. The molecule has 0 bridgehead atoms. The van der Waals surface area contributed by atoms with E-state index >= 15 is 0 Å². The summed E-state index contributed by atoms with van der Waals surface area (Å²) in [5.41, 5.74) is -0.318. The summed E-state index contributed by atoms with van der Waals surface area (Å²) in [7, 11) is -2.60. The van der Waals surface area contributed by atoms with Gasteiger partial charge in [0.2, 0.25) is 0 Å². The third kappa shape index (κ3) is 5.19. The van der Waals surface area contributed by atoms with Crippen LogP contribution in [0.3, 0.4) is 0 Å². The van der Waals surface area contributed by atoms with Gasteiger partial charge >= 0.3 is 6.18 Å². The van der Waals surface area contributed by atoms with E-state index in [1.165, 1.54) is 49.6 Å². The molecule has 4 rings (SSSR count). The second-order valence-corrected chi connectivity index (χ2v) is 9.56. The molecule has 3 aromatic carbocycles. The van der Waals surface area contributed by atoms with Crippen molar-refractivity contribution in [2.75, 3.05) is 18.0 Å². The van der Waals surface area contributed by atoms with Gasteiger partial charge in [-0.25, -0.2) is 8.42 Å². The quantitative estimate of drug-likeness (QED) is 0.547. The van der Waals surface area contributed by atoms with Gasteiger partial charge in [0.25, 0.3) is 15.9 Å². The Morgan fingerprint density at radius 3 is 2.49 bits per heavy atom. The highest BCUT2D eigenvalue weighted by Crippen LogP contribution is 2.37. The summed E-state index contributed by atoms with van der Waals surface area (Å²) in [6.45, 7) is -0.505. The average molecular weight is 507 g/mol. The minimum atomic E-state index is -4.51. The minimum Gasteiger partial charge on any atom is -0.497 e. The lowest BCUT2D eigenvalue weighted by Crippen LogP contribution is -2.50. The van der Waals surface area contributed by atoms with Crippen molar-refractivity contribution in [3.63, 3.8) is 0 Å². The number of hydrogen-bond donors (Lipinski definition) is 1. The summed E-state index contributed by atoms with van der Waals surface area (Å²) in [6.07, 6.45) is -5.73. The number of methoxy groups -OCH3 is 1. The summed E-state index contributed by atoms with van der Waals surface area (Å²) >= 11 is 0. The van der Waals surface area contributed by atoms with Crippen molar-refractivity contribution in [3.8, 4) is 11.5 Å². The molecule has 7 nitrogen and oxygen atoms in total. The maximum Gasteiger partial charge on any atom is 0.416 e. The number of benzene rings is 3. The SMILES string of the molecule is COc1ccc(S(=O)(=O)N2C[C@@H](C(=O)NCc3cccc(C(F)(F)F)c3)Oc3ccccc32)cc1. The molecule has 0 saturated heterocycles. The van der Waals surface area contributed by atoms with Crippen molar-refractivity contribution in [2.45, 2.75) is 23.7 Å². The predicted molar refractivity (Wildman–Crippen MR) is 122 cm³/mol. The number of halogens is 3. The third-order valence-electron chi connectivity index (χ3n) is 5.40. The smallest absolute Gasteiger partial charge is 0.416 e. The van der Waals surface area contributed by atoms with Gasteiger partial charge in [-0.3, -0.25) is 9.10 Å². The van der Waals surface area contributed by atoms with Crippen molar-refractivity contribution in [1.82, 2.24) is 5.32 Å².